The molecule has 0 saturated carbocycles. The number of pyridine rings is 1. The number of halogens is 2. The highest BCUT2D eigenvalue weighted by molar-refractivity contribution is 5.70. The van der Waals surface area contributed by atoms with Crippen LogP contribution in [0.3, 0.4) is 0 Å². The third-order valence-corrected chi connectivity index (χ3v) is 7.11. The van der Waals surface area contributed by atoms with Crippen molar-refractivity contribution in [1.29, 1.82) is 0 Å². The molecule has 1 unspecified atom stereocenters. The number of ether oxygens (including phenoxy) is 1. The second kappa shape index (κ2) is 11.7. The fourth-order valence-corrected chi connectivity index (χ4v) is 4.88. The Hall–Kier alpha value is -4.44. The van der Waals surface area contributed by atoms with Gasteiger partial charge in [-0.2, -0.15) is 0 Å². The largest absolute Gasteiger partial charge is 0.445 e. The molecule has 2 aromatic carbocycles. The van der Waals surface area contributed by atoms with Gasteiger partial charge < -0.3 is 9.30 Å². The van der Waals surface area contributed by atoms with Crippen LogP contribution >= 0.6 is 0 Å². The number of hydrogen-bond donors (Lipinski definition) is 0. The summed E-state index contributed by atoms with van der Waals surface area (Å²) in [4.78, 5) is 18.8. The molecule has 204 valence electrons. The van der Waals surface area contributed by atoms with Gasteiger partial charge in [-0.05, 0) is 93.1 Å². The number of rotatable bonds is 6. The molecule has 0 bridgehead atoms. The molecule has 1 saturated heterocycles. The number of aromatic nitrogens is 2. The van der Waals surface area contributed by atoms with Crippen molar-refractivity contribution in [3.63, 3.8) is 0 Å². The Kier molecular flexibility index (Phi) is 7.97. The minimum atomic E-state index is -0.939. The molecule has 40 heavy (non-hydrogen) atoms. The molecule has 1 fully saturated rings. The van der Waals surface area contributed by atoms with Crippen molar-refractivity contribution >= 4 is 6.09 Å². The Morgan fingerprint density at radius 2 is 1.75 bits per heavy atom. The second-order valence-electron chi connectivity index (χ2n) is 10.2. The standard InChI is InChI=1S/C33H31F2N3O2/c1-22-17-28(36-31(18-22)38-23(2)9-10-24(38)3)13-12-27-19-26(20-30(34)32(27)35)11-14-29-15-16-37(29)33(39)40-21-25-7-5-4-6-8-25/h4-10,17-20,29H,12-13,15-16,21H2,1-3H3. The van der Waals surface area contributed by atoms with Gasteiger partial charge in [-0.15, -0.1) is 0 Å². The number of aryl methyl sites for hydroxylation is 5. The van der Waals surface area contributed by atoms with Gasteiger partial charge in [-0.1, -0.05) is 42.2 Å². The van der Waals surface area contributed by atoms with E-state index in [-0.39, 0.29) is 24.6 Å². The highest BCUT2D eigenvalue weighted by Crippen LogP contribution is 2.22. The first-order chi connectivity index (χ1) is 19.3. The van der Waals surface area contributed by atoms with E-state index in [2.05, 4.69) is 16.4 Å². The normalized spacial score (nSPS) is 14.3. The maximum Gasteiger partial charge on any atom is 0.411 e. The summed E-state index contributed by atoms with van der Waals surface area (Å²) in [6.07, 6.45) is 0.992. The molecular weight excluding hydrogens is 508 g/mol. The molecule has 7 heteroatoms. The van der Waals surface area contributed by atoms with Crippen molar-refractivity contribution in [2.75, 3.05) is 6.54 Å². The van der Waals surface area contributed by atoms with Gasteiger partial charge in [0.05, 0.1) is 6.04 Å². The molecule has 0 N–H and O–H groups in total. The quantitative estimate of drug-likeness (QED) is 0.259. The van der Waals surface area contributed by atoms with Crippen molar-refractivity contribution in [3.05, 3.63) is 118 Å². The third-order valence-electron chi connectivity index (χ3n) is 7.11. The highest BCUT2D eigenvalue weighted by Gasteiger charge is 2.32. The SMILES string of the molecule is Cc1cc(CCc2cc(C#CC3CCN3C(=O)OCc3ccccc3)cc(F)c2F)nc(-n2c(C)ccc2C)c1. The molecule has 3 heterocycles. The van der Waals surface area contributed by atoms with Crippen LogP contribution in [0.5, 0.6) is 0 Å². The zero-order valence-electron chi connectivity index (χ0n) is 22.9. The molecule has 0 aliphatic carbocycles. The summed E-state index contributed by atoms with van der Waals surface area (Å²) in [7, 11) is 0. The van der Waals surface area contributed by atoms with E-state index in [9.17, 15) is 13.6 Å². The summed E-state index contributed by atoms with van der Waals surface area (Å²) >= 11 is 0. The first-order valence-corrected chi connectivity index (χ1v) is 13.4. The molecule has 2 aromatic heterocycles. The first-order valence-electron chi connectivity index (χ1n) is 13.4. The number of nitrogens with zero attached hydrogens (tertiary/aromatic N) is 3. The van der Waals surface area contributed by atoms with Crippen LogP contribution in [0.4, 0.5) is 13.6 Å². The van der Waals surface area contributed by atoms with Crippen molar-refractivity contribution < 1.29 is 18.3 Å². The van der Waals surface area contributed by atoms with E-state index < -0.39 is 17.7 Å². The maximum atomic E-state index is 14.7. The van der Waals surface area contributed by atoms with Crippen LogP contribution in [0.25, 0.3) is 5.82 Å². The summed E-state index contributed by atoms with van der Waals surface area (Å²) in [6.45, 7) is 6.78. The van der Waals surface area contributed by atoms with Crippen LogP contribution in [0.1, 0.15) is 45.8 Å². The van der Waals surface area contributed by atoms with Crippen molar-refractivity contribution in [2.45, 2.75) is 52.7 Å². The van der Waals surface area contributed by atoms with Gasteiger partial charge in [0.1, 0.15) is 12.4 Å². The molecule has 0 radical (unpaired) electrons. The fraction of sp³-hybridized carbons (Fsp3) is 0.273. The van der Waals surface area contributed by atoms with Crippen LogP contribution in [-0.2, 0) is 24.2 Å². The van der Waals surface area contributed by atoms with Crippen LogP contribution in [-0.4, -0.2) is 33.1 Å². The zero-order chi connectivity index (χ0) is 28.2. The lowest BCUT2D eigenvalue weighted by Crippen LogP contribution is -2.50. The van der Waals surface area contributed by atoms with Gasteiger partial charge in [-0.3, -0.25) is 4.90 Å². The minimum absolute atomic E-state index is 0.185. The molecule has 1 aliphatic rings. The van der Waals surface area contributed by atoms with Gasteiger partial charge in [-0.25, -0.2) is 18.6 Å². The second-order valence-corrected chi connectivity index (χ2v) is 10.2. The molecule has 1 aliphatic heterocycles. The summed E-state index contributed by atoms with van der Waals surface area (Å²) < 4.78 is 36.7. The molecular formula is C33H31F2N3O2. The molecule has 5 nitrogen and oxygen atoms in total. The van der Waals surface area contributed by atoms with Crippen molar-refractivity contribution in [3.8, 4) is 17.7 Å². The molecule has 1 amide bonds. The Balaban J connectivity index is 1.26. The maximum absolute atomic E-state index is 14.7. The number of hydrogen-bond acceptors (Lipinski definition) is 3. The van der Waals surface area contributed by atoms with E-state index >= 15 is 0 Å². The number of likely N-dealkylation sites (tertiary alicyclic amines) is 1. The fourth-order valence-electron chi connectivity index (χ4n) is 4.88. The first kappa shape index (κ1) is 27.1. The predicted molar refractivity (Wildman–Crippen MR) is 150 cm³/mol. The van der Waals surface area contributed by atoms with Crippen molar-refractivity contribution in [2.24, 2.45) is 0 Å². The zero-order valence-corrected chi connectivity index (χ0v) is 22.9. The van der Waals surface area contributed by atoms with E-state index in [1.54, 1.807) is 11.0 Å². The van der Waals surface area contributed by atoms with Crippen molar-refractivity contribution in [1.82, 2.24) is 14.5 Å². The lowest BCUT2D eigenvalue weighted by Gasteiger charge is -2.36. The van der Waals surface area contributed by atoms with E-state index in [0.29, 0.717) is 24.9 Å². The Labute approximate surface area is 233 Å². The summed E-state index contributed by atoms with van der Waals surface area (Å²) in [5, 5.41) is 0. The monoisotopic (exact) mass is 539 g/mol. The minimum Gasteiger partial charge on any atom is -0.445 e. The van der Waals surface area contributed by atoms with E-state index in [0.717, 1.165) is 40.1 Å². The summed E-state index contributed by atoms with van der Waals surface area (Å²) in [5.41, 5.74) is 5.53. The number of benzene rings is 2. The van der Waals surface area contributed by atoms with E-state index in [1.165, 1.54) is 0 Å². The van der Waals surface area contributed by atoms with Gasteiger partial charge in [0.25, 0.3) is 0 Å². The van der Waals surface area contributed by atoms with E-state index in [4.69, 9.17) is 9.72 Å². The van der Waals surface area contributed by atoms with Crippen LogP contribution in [0.15, 0.2) is 66.7 Å². The Morgan fingerprint density at radius 1 is 1.00 bits per heavy atom. The predicted octanol–water partition coefficient (Wildman–Crippen LogP) is 6.62. The van der Waals surface area contributed by atoms with Crippen LogP contribution in [0.2, 0.25) is 0 Å². The topological polar surface area (TPSA) is 47.4 Å². The molecule has 4 aromatic rings. The smallest absolute Gasteiger partial charge is 0.411 e. The average Bonchev–Trinajstić information content (AvgIpc) is 3.25. The van der Waals surface area contributed by atoms with E-state index in [1.807, 2.05) is 75.4 Å². The average molecular weight is 540 g/mol. The summed E-state index contributed by atoms with van der Waals surface area (Å²) in [5.74, 6) is 4.96. The Bertz CT molecular complexity index is 1580. The third kappa shape index (κ3) is 6.07. The summed E-state index contributed by atoms with van der Waals surface area (Å²) in [6, 6.07) is 19.9. The molecule has 1 atom stereocenters. The van der Waals surface area contributed by atoms with Gasteiger partial charge in [0.15, 0.2) is 11.6 Å². The number of amides is 1. The van der Waals surface area contributed by atoms with Crippen LogP contribution in [0, 0.1) is 44.2 Å². The Morgan fingerprint density at radius 3 is 2.45 bits per heavy atom. The molecule has 0 spiro atoms. The van der Waals surface area contributed by atoms with Gasteiger partial charge in [0, 0.05) is 29.2 Å². The number of carbonyl (C=O) groups is 1. The highest BCUT2D eigenvalue weighted by atomic mass is 19.2. The number of carbonyl (C=O) groups excluding carboxylic acids is 1. The lowest BCUT2D eigenvalue weighted by molar-refractivity contribution is 0.0600. The lowest BCUT2D eigenvalue weighted by atomic mass is 10.0. The van der Waals surface area contributed by atoms with Gasteiger partial charge in [0.2, 0.25) is 0 Å². The van der Waals surface area contributed by atoms with Crippen LogP contribution < -0.4 is 0 Å². The molecule has 5 rings (SSSR count). The van der Waals surface area contributed by atoms with Gasteiger partial charge >= 0.3 is 6.09 Å².